The van der Waals surface area contributed by atoms with E-state index in [1.165, 1.54) is 11.1 Å². The van der Waals surface area contributed by atoms with Crippen molar-refractivity contribution in [3.8, 4) is 0 Å². The highest BCUT2D eigenvalue weighted by molar-refractivity contribution is 6.62. The minimum Gasteiger partial charge on any atom is -0.374 e. The highest BCUT2D eigenvalue weighted by Crippen LogP contribution is 2.41. The molecule has 0 fully saturated rings. The lowest BCUT2D eigenvalue weighted by atomic mass is 9.93. The van der Waals surface area contributed by atoms with Crippen LogP contribution >= 0.6 is 0 Å². The van der Waals surface area contributed by atoms with Crippen LogP contribution in [0.2, 0.25) is 5.54 Å². The molecule has 106 valence electrons. The Morgan fingerprint density at radius 2 is 1.44 bits per heavy atom. The van der Waals surface area contributed by atoms with E-state index in [-0.39, 0.29) is 0 Å². The molecule has 0 heterocycles. The second-order valence-corrected chi connectivity index (χ2v) is 7.79. The quantitative estimate of drug-likeness (QED) is 0.519. The average molecular weight is 272 g/mol. The lowest BCUT2D eigenvalue weighted by molar-refractivity contribution is 0.0590. The lowest BCUT2D eigenvalue weighted by Gasteiger charge is -2.37. The Morgan fingerprint density at radius 3 is 1.83 bits per heavy atom. The van der Waals surface area contributed by atoms with Crippen molar-refractivity contribution < 1.29 is 13.3 Å². The maximum atomic E-state index is 6.01. The van der Waals surface area contributed by atoms with Crippen molar-refractivity contribution in [1.82, 2.24) is 0 Å². The summed E-state index contributed by atoms with van der Waals surface area (Å²) in [5, 5.41) is 0. The summed E-state index contributed by atoms with van der Waals surface area (Å²) in [6, 6.07) is 0. The zero-order valence-electron chi connectivity index (χ0n) is 12.5. The van der Waals surface area contributed by atoms with E-state index in [1.54, 1.807) is 0 Å². The molecule has 1 aliphatic carbocycles. The summed E-state index contributed by atoms with van der Waals surface area (Å²) in [6.45, 7) is 12.5. The second-order valence-electron chi connectivity index (χ2n) is 4.90. The van der Waals surface area contributed by atoms with Gasteiger partial charge in [0.1, 0.15) is 0 Å². The van der Waals surface area contributed by atoms with Gasteiger partial charge in [-0.3, -0.25) is 0 Å². The third-order valence-electron chi connectivity index (χ3n) is 3.69. The number of hydrogen-bond acceptors (Lipinski definition) is 3. The Morgan fingerprint density at radius 1 is 0.944 bits per heavy atom. The first-order chi connectivity index (χ1) is 8.59. The van der Waals surface area contributed by atoms with Crippen molar-refractivity contribution in [2.45, 2.75) is 59.4 Å². The molecule has 0 aromatic carbocycles. The standard InChI is InChI=1S/C14H28O3Si/c1-6-15-18(16-7-2,17-8-3)14-10-9-12(4)13(5)11-14/h14H,6-11H2,1-5H3. The number of hydrogen-bond donors (Lipinski definition) is 0. The third kappa shape index (κ3) is 3.67. The maximum absolute atomic E-state index is 6.01. The first-order valence-corrected chi connectivity index (χ1v) is 8.96. The first kappa shape index (κ1) is 15.9. The van der Waals surface area contributed by atoms with Gasteiger partial charge in [0.15, 0.2) is 0 Å². The van der Waals surface area contributed by atoms with E-state index in [1.807, 2.05) is 20.8 Å². The van der Waals surface area contributed by atoms with E-state index >= 15 is 0 Å². The summed E-state index contributed by atoms with van der Waals surface area (Å²) in [6.07, 6.45) is 3.35. The van der Waals surface area contributed by atoms with Crippen LogP contribution in [0.3, 0.4) is 0 Å². The van der Waals surface area contributed by atoms with Crippen molar-refractivity contribution in [2.75, 3.05) is 19.8 Å². The van der Waals surface area contributed by atoms with Crippen LogP contribution in [0, 0.1) is 0 Å². The monoisotopic (exact) mass is 272 g/mol. The Labute approximate surface area is 113 Å². The molecule has 0 saturated heterocycles. The van der Waals surface area contributed by atoms with Crippen LogP contribution in [-0.2, 0) is 13.3 Å². The van der Waals surface area contributed by atoms with Gasteiger partial charge in [-0.2, -0.15) is 0 Å². The highest BCUT2D eigenvalue weighted by atomic mass is 28.4. The third-order valence-corrected chi connectivity index (χ3v) is 7.25. The van der Waals surface area contributed by atoms with Crippen molar-refractivity contribution in [2.24, 2.45) is 0 Å². The van der Waals surface area contributed by atoms with Crippen LogP contribution in [-0.4, -0.2) is 28.6 Å². The van der Waals surface area contributed by atoms with Gasteiger partial charge in [0.05, 0.1) is 0 Å². The van der Waals surface area contributed by atoms with Crippen LogP contribution in [0.5, 0.6) is 0 Å². The Hall–Kier alpha value is -0.163. The highest BCUT2D eigenvalue weighted by Gasteiger charge is 2.49. The van der Waals surface area contributed by atoms with Gasteiger partial charge in [-0.1, -0.05) is 11.1 Å². The minimum atomic E-state index is -2.50. The molecule has 0 aliphatic heterocycles. The van der Waals surface area contributed by atoms with E-state index in [9.17, 15) is 0 Å². The van der Waals surface area contributed by atoms with E-state index in [0.717, 1.165) is 19.3 Å². The molecule has 0 aromatic rings. The Bertz CT molecular complexity index is 272. The summed E-state index contributed by atoms with van der Waals surface area (Å²) in [5.41, 5.74) is 3.45. The zero-order chi connectivity index (χ0) is 13.6. The van der Waals surface area contributed by atoms with Crippen LogP contribution in [0.15, 0.2) is 11.1 Å². The molecule has 1 rings (SSSR count). The van der Waals surface area contributed by atoms with Crippen LogP contribution in [0.1, 0.15) is 53.9 Å². The molecule has 4 heteroatoms. The van der Waals surface area contributed by atoms with Crippen molar-refractivity contribution in [3.63, 3.8) is 0 Å². The molecule has 1 atom stereocenters. The fourth-order valence-corrected chi connectivity index (χ4v) is 5.85. The Kier molecular flexibility index (Phi) is 6.56. The average Bonchev–Trinajstić information content (AvgIpc) is 2.33. The van der Waals surface area contributed by atoms with Gasteiger partial charge < -0.3 is 13.3 Å². The topological polar surface area (TPSA) is 27.7 Å². The minimum absolute atomic E-state index is 0.432. The summed E-state index contributed by atoms with van der Waals surface area (Å²) in [4.78, 5) is 0. The largest absolute Gasteiger partial charge is 0.504 e. The Balaban J connectivity index is 2.88. The van der Waals surface area contributed by atoms with Crippen LogP contribution in [0.4, 0.5) is 0 Å². The zero-order valence-corrected chi connectivity index (χ0v) is 13.5. The van der Waals surface area contributed by atoms with Gasteiger partial charge in [-0.25, -0.2) is 0 Å². The second kappa shape index (κ2) is 7.43. The van der Waals surface area contributed by atoms with Gasteiger partial charge in [0, 0.05) is 25.4 Å². The fraction of sp³-hybridized carbons (Fsp3) is 0.857. The van der Waals surface area contributed by atoms with Crippen molar-refractivity contribution in [1.29, 1.82) is 0 Å². The van der Waals surface area contributed by atoms with Gasteiger partial charge in [-0.05, 0) is 53.9 Å². The van der Waals surface area contributed by atoms with E-state index in [4.69, 9.17) is 13.3 Å². The molecule has 1 aliphatic rings. The molecule has 18 heavy (non-hydrogen) atoms. The summed E-state index contributed by atoms with van der Waals surface area (Å²) in [7, 11) is -2.50. The molecule has 0 amide bonds. The van der Waals surface area contributed by atoms with Gasteiger partial charge in [0.25, 0.3) is 0 Å². The fourth-order valence-electron chi connectivity index (χ4n) is 2.63. The van der Waals surface area contributed by atoms with Crippen LogP contribution < -0.4 is 0 Å². The molecular formula is C14H28O3Si. The molecule has 0 aromatic heterocycles. The van der Waals surface area contributed by atoms with Crippen molar-refractivity contribution >= 4 is 8.80 Å². The van der Waals surface area contributed by atoms with Gasteiger partial charge >= 0.3 is 8.80 Å². The normalized spacial score (nSPS) is 21.5. The maximum Gasteiger partial charge on any atom is 0.504 e. The molecule has 0 saturated carbocycles. The SMILES string of the molecule is CCO[Si](OCC)(OCC)C1CCC(C)=C(C)C1. The van der Waals surface area contributed by atoms with Gasteiger partial charge in [-0.15, -0.1) is 0 Å². The molecule has 1 unspecified atom stereocenters. The molecule has 0 N–H and O–H groups in total. The predicted molar refractivity (Wildman–Crippen MR) is 76.6 cm³/mol. The van der Waals surface area contributed by atoms with Crippen molar-refractivity contribution in [3.05, 3.63) is 11.1 Å². The summed E-state index contributed by atoms with van der Waals surface area (Å²) < 4.78 is 18.0. The number of rotatable bonds is 7. The lowest BCUT2D eigenvalue weighted by Crippen LogP contribution is -2.51. The molecule has 0 bridgehead atoms. The molecule has 3 nitrogen and oxygen atoms in total. The molecule has 0 radical (unpaired) electrons. The van der Waals surface area contributed by atoms with Gasteiger partial charge in [0.2, 0.25) is 0 Å². The predicted octanol–water partition coefficient (Wildman–Crippen LogP) is 3.93. The summed E-state index contributed by atoms with van der Waals surface area (Å²) >= 11 is 0. The van der Waals surface area contributed by atoms with E-state index in [0.29, 0.717) is 25.4 Å². The molecular weight excluding hydrogens is 244 g/mol. The first-order valence-electron chi connectivity index (χ1n) is 7.16. The smallest absolute Gasteiger partial charge is 0.374 e. The van der Waals surface area contributed by atoms with E-state index < -0.39 is 8.80 Å². The molecule has 0 spiro atoms. The van der Waals surface area contributed by atoms with E-state index in [2.05, 4.69) is 13.8 Å². The number of allylic oxidation sites excluding steroid dienone is 2. The van der Waals surface area contributed by atoms with Crippen LogP contribution in [0.25, 0.3) is 0 Å². The summed E-state index contributed by atoms with van der Waals surface area (Å²) in [5.74, 6) is 0.